The average Bonchev–Trinajstić information content (AvgIpc) is 2.69. The molecule has 0 amide bonds. The second-order valence-electron chi connectivity index (χ2n) is 5.39. The molecule has 1 aromatic heterocycles. The Morgan fingerprint density at radius 1 is 1.39 bits per heavy atom. The maximum absolute atomic E-state index is 4.71. The van der Waals surface area contributed by atoms with Crippen LogP contribution in [-0.4, -0.2) is 36.6 Å². The Hall–Kier alpha value is -0.450. The first-order valence-electron chi connectivity index (χ1n) is 6.94. The number of aromatic nitrogens is 1. The second-order valence-corrected chi connectivity index (χ2v) is 6.79. The van der Waals surface area contributed by atoms with Crippen molar-refractivity contribution in [2.24, 2.45) is 5.92 Å². The fourth-order valence-electron chi connectivity index (χ4n) is 2.94. The zero-order chi connectivity index (χ0) is 13.1. The molecule has 3 nitrogen and oxygen atoms in total. The third-order valence-electron chi connectivity index (χ3n) is 4.02. The van der Waals surface area contributed by atoms with Gasteiger partial charge >= 0.3 is 0 Å². The molecule has 1 aliphatic rings. The van der Waals surface area contributed by atoms with Gasteiger partial charge in [0, 0.05) is 4.88 Å². The van der Waals surface area contributed by atoms with Crippen LogP contribution >= 0.6 is 11.3 Å². The second kappa shape index (κ2) is 6.13. The lowest BCUT2D eigenvalue weighted by molar-refractivity contribution is 0.139. The van der Waals surface area contributed by atoms with E-state index >= 15 is 0 Å². The van der Waals surface area contributed by atoms with Crippen LogP contribution in [0.3, 0.4) is 0 Å². The number of aryl methyl sites for hydroxylation is 2. The summed E-state index contributed by atoms with van der Waals surface area (Å²) in [5.74, 6) is 0.858. The van der Waals surface area contributed by atoms with Crippen molar-refractivity contribution in [2.75, 3.05) is 26.7 Å². The minimum atomic E-state index is 0.477. The van der Waals surface area contributed by atoms with Gasteiger partial charge in [0.15, 0.2) is 0 Å². The van der Waals surface area contributed by atoms with Gasteiger partial charge in [0.2, 0.25) is 0 Å². The Morgan fingerprint density at radius 2 is 2.06 bits per heavy atom. The molecule has 102 valence electrons. The van der Waals surface area contributed by atoms with Gasteiger partial charge in [0.25, 0.3) is 0 Å². The standard InChI is InChI=1S/C14H25N3S/c1-10(14-11(2)18-12(3)16-14)17-7-5-13(6-8-17)9-15-4/h10,13,15H,5-9H2,1-4H3. The highest BCUT2D eigenvalue weighted by atomic mass is 32.1. The lowest BCUT2D eigenvalue weighted by atomic mass is 9.95. The molecule has 0 bridgehead atoms. The highest BCUT2D eigenvalue weighted by molar-refractivity contribution is 7.11. The van der Waals surface area contributed by atoms with E-state index in [2.05, 4.69) is 38.0 Å². The number of nitrogens with one attached hydrogen (secondary N) is 1. The summed E-state index contributed by atoms with van der Waals surface area (Å²) in [5.41, 5.74) is 1.30. The first-order chi connectivity index (χ1) is 8.61. The van der Waals surface area contributed by atoms with E-state index in [1.807, 2.05) is 11.3 Å². The molecule has 1 saturated heterocycles. The number of piperidine rings is 1. The van der Waals surface area contributed by atoms with Crippen LogP contribution in [0.2, 0.25) is 0 Å². The Kier molecular flexibility index (Phi) is 4.76. The molecule has 0 aliphatic carbocycles. The summed E-state index contributed by atoms with van der Waals surface area (Å²) in [5, 5.41) is 4.49. The van der Waals surface area contributed by atoms with Gasteiger partial charge in [-0.3, -0.25) is 4.90 Å². The fourth-order valence-corrected chi connectivity index (χ4v) is 3.85. The highest BCUT2D eigenvalue weighted by Crippen LogP contribution is 2.29. The highest BCUT2D eigenvalue weighted by Gasteiger charge is 2.25. The number of hydrogen-bond donors (Lipinski definition) is 1. The van der Waals surface area contributed by atoms with Gasteiger partial charge in [0.1, 0.15) is 0 Å². The van der Waals surface area contributed by atoms with Crippen LogP contribution in [0.1, 0.15) is 41.4 Å². The van der Waals surface area contributed by atoms with Gasteiger partial charge in [-0.2, -0.15) is 0 Å². The van der Waals surface area contributed by atoms with Crippen LogP contribution in [0.15, 0.2) is 0 Å². The van der Waals surface area contributed by atoms with Crippen LogP contribution in [0.4, 0.5) is 0 Å². The lowest BCUT2D eigenvalue weighted by Crippen LogP contribution is -2.38. The summed E-state index contributed by atoms with van der Waals surface area (Å²) in [6, 6.07) is 0.477. The van der Waals surface area contributed by atoms with Crippen LogP contribution in [0.5, 0.6) is 0 Å². The number of rotatable bonds is 4. The van der Waals surface area contributed by atoms with Gasteiger partial charge in [-0.05, 0) is 66.2 Å². The Bertz CT molecular complexity index is 380. The van der Waals surface area contributed by atoms with E-state index in [-0.39, 0.29) is 0 Å². The largest absolute Gasteiger partial charge is 0.319 e. The molecule has 0 spiro atoms. The number of hydrogen-bond acceptors (Lipinski definition) is 4. The number of thiazole rings is 1. The van der Waals surface area contributed by atoms with E-state index in [1.165, 1.54) is 41.5 Å². The summed E-state index contributed by atoms with van der Waals surface area (Å²) in [6.45, 7) is 10.2. The molecule has 0 aromatic carbocycles. The molecule has 1 aromatic rings. The van der Waals surface area contributed by atoms with E-state index in [9.17, 15) is 0 Å². The SMILES string of the molecule is CNCC1CCN(C(C)c2nc(C)sc2C)CC1. The van der Waals surface area contributed by atoms with Crippen molar-refractivity contribution in [3.63, 3.8) is 0 Å². The molecule has 0 saturated carbocycles. The number of nitrogens with zero attached hydrogens (tertiary/aromatic N) is 2. The molecule has 18 heavy (non-hydrogen) atoms. The van der Waals surface area contributed by atoms with E-state index in [0.29, 0.717) is 6.04 Å². The zero-order valence-electron chi connectivity index (χ0n) is 12.0. The topological polar surface area (TPSA) is 28.2 Å². The molecule has 1 aliphatic heterocycles. The predicted molar refractivity (Wildman–Crippen MR) is 78.2 cm³/mol. The summed E-state index contributed by atoms with van der Waals surface area (Å²) in [6.07, 6.45) is 2.63. The van der Waals surface area contributed by atoms with Gasteiger partial charge in [-0.1, -0.05) is 0 Å². The molecule has 1 N–H and O–H groups in total. The van der Waals surface area contributed by atoms with E-state index < -0.39 is 0 Å². The van der Waals surface area contributed by atoms with Crippen LogP contribution in [0.25, 0.3) is 0 Å². The van der Waals surface area contributed by atoms with E-state index in [0.717, 1.165) is 12.5 Å². The Labute approximate surface area is 115 Å². The molecular weight excluding hydrogens is 242 g/mol. The lowest BCUT2D eigenvalue weighted by Gasteiger charge is -2.35. The minimum Gasteiger partial charge on any atom is -0.319 e. The number of likely N-dealkylation sites (tertiary alicyclic amines) is 1. The van der Waals surface area contributed by atoms with Crippen molar-refractivity contribution >= 4 is 11.3 Å². The maximum atomic E-state index is 4.71. The zero-order valence-corrected chi connectivity index (χ0v) is 12.8. The summed E-state index contributed by atoms with van der Waals surface area (Å²) < 4.78 is 0. The quantitative estimate of drug-likeness (QED) is 0.909. The smallest absolute Gasteiger partial charge is 0.0900 e. The van der Waals surface area contributed by atoms with Gasteiger partial charge in [-0.25, -0.2) is 4.98 Å². The van der Waals surface area contributed by atoms with Crippen molar-refractivity contribution in [3.05, 3.63) is 15.6 Å². The summed E-state index contributed by atoms with van der Waals surface area (Å²) in [7, 11) is 2.05. The summed E-state index contributed by atoms with van der Waals surface area (Å²) >= 11 is 1.82. The molecule has 2 heterocycles. The third-order valence-corrected chi connectivity index (χ3v) is 4.93. The van der Waals surface area contributed by atoms with Crippen molar-refractivity contribution in [3.8, 4) is 0 Å². The van der Waals surface area contributed by atoms with Crippen molar-refractivity contribution in [1.82, 2.24) is 15.2 Å². The minimum absolute atomic E-state index is 0.477. The monoisotopic (exact) mass is 267 g/mol. The summed E-state index contributed by atoms with van der Waals surface area (Å²) in [4.78, 5) is 8.68. The van der Waals surface area contributed by atoms with Gasteiger partial charge in [-0.15, -0.1) is 11.3 Å². The molecule has 4 heteroatoms. The van der Waals surface area contributed by atoms with Gasteiger partial charge < -0.3 is 5.32 Å². The normalized spacial score (nSPS) is 20.2. The van der Waals surface area contributed by atoms with E-state index in [4.69, 9.17) is 4.98 Å². The van der Waals surface area contributed by atoms with Crippen LogP contribution < -0.4 is 5.32 Å². The Morgan fingerprint density at radius 3 is 2.56 bits per heavy atom. The molecular formula is C14H25N3S. The average molecular weight is 267 g/mol. The van der Waals surface area contributed by atoms with Crippen molar-refractivity contribution in [1.29, 1.82) is 0 Å². The molecule has 0 radical (unpaired) electrons. The molecule has 2 rings (SSSR count). The first-order valence-corrected chi connectivity index (χ1v) is 7.76. The molecule has 1 fully saturated rings. The fraction of sp³-hybridized carbons (Fsp3) is 0.786. The van der Waals surface area contributed by atoms with E-state index in [1.54, 1.807) is 0 Å². The van der Waals surface area contributed by atoms with Gasteiger partial charge in [0.05, 0.1) is 16.7 Å². The first kappa shape index (κ1) is 14.0. The Balaban J connectivity index is 1.95. The van der Waals surface area contributed by atoms with Crippen LogP contribution in [-0.2, 0) is 0 Å². The van der Waals surface area contributed by atoms with Crippen molar-refractivity contribution < 1.29 is 0 Å². The molecule has 1 unspecified atom stereocenters. The van der Waals surface area contributed by atoms with Crippen molar-refractivity contribution in [2.45, 2.75) is 39.7 Å². The maximum Gasteiger partial charge on any atom is 0.0900 e. The molecule has 1 atom stereocenters. The third kappa shape index (κ3) is 3.11. The van der Waals surface area contributed by atoms with Crippen LogP contribution in [0, 0.1) is 19.8 Å². The predicted octanol–water partition coefficient (Wildman–Crippen LogP) is 2.75.